The lowest BCUT2D eigenvalue weighted by molar-refractivity contribution is -0.108. The van der Waals surface area contributed by atoms with Crippen LogP contribution in [-0.4, -0.2) is 62.8 Å². The zero-order chi connectivity index (χ0) is 21.0. The van der Waals surface area contributed by atoms with E-state index >= 15 is 0 Å². The molecule has 3 rings (SSSR count). The minimum atomic E-state index is -0.387. The number of thiophene rings is 1. The topological polar surface area (TPSA) is 96.9 Å². The molecule has 10 heteroatoms. The van der Waals surface area contributed by atoms with Crippen LogP contribution in [-0.2, 0) is 14.3 Å². The fourth-order valence-corrected chi connectivity index (χ4v) is 4.03. The van der Waals surface area contributed by atoms with Crippen LogP contribution in [0.15, 0.2) is 12.3 Å². The summed E-state index contributed by atoms with van der Waals surface area (Å²) in [6, 6.07) is 1.74. The Bertz CT molecular complexity index is 879. The molecule has 0 radical (unpaired) electrons. The molecule has 156 valence electrons. The summed E-state index contributed by atoms with van der Waals surface area (Å²) in [7, 11) is 5.12. The monoisotopic (exact) mass is 419 g/mol. The van der Waals surface area contributed by atoms with Crippen molar-refractivity contribution in [3.05, 3.63) is 22.0 Å². The molecule has 0 unspecified atom stereocenters. The van der Waals surface area contributed by atoms with Crippen LogP contribution in [0, 0.1) is 6.92 Å². The van der Waals surface area contributed by atoms with Gasteiger partial charge < -0.3 is 19.7 Å². The molecule has 2 aromatic heterocycles. The van der Waals surface area contributed by atoms with Gasteiger partial charge in [-0.3, -0.25) is 9.69 Å². The second-order valence-corrected chi connectivity index (χ2v) is 8.11. The van der Waals surface area contributed by atoms with Gasteiger partial charge in [0.1, 0.15) is 4.88 Å². The van der Waals surface area contributed by atoms with E-state index < -0.39 is 0 Å². The molecule has 1 amide bonds. The Morgan fingerprint density at radius 2 is 2.10 bits per heavy atom. The Morgan fingerprint density at radius 1 is 1.38 bits per heavy atom. The van der Waals surface area contributed by atoms with Gasteiger partial charge in [-0.1, -0.05) is 0 Å². The average Bonchev–Trinajstić information content (AvgIpc) is 3.09. The van der Waals surface area contributed by atoms with E-state index in [1.54, 1.807) is 17.2 Å². The first-order valence-corrected chi connectivity index (χ1v) is 10.1. The molecule has 1 N–H and O–H groups in total. The highest BCUT2D eigenvalue weighted by atomic mass is 32.1. The molecule has 29 heavy (non-hydrogen) atoms. The number of ether oxygens (including phenoxy) is 2. The van der Waals surface area contributed by atoms with Gasteiger partial charge >= 0.3 is 5.97 Å². The summed E-state index contributed by atoms with van der Waals surface area (Å²) in [6.07, 6.45) is 4.01. The molecule has 3 heterocycles. The first-order chi connectivity index (χ1) is 13.9. The van der Waals surface area contributed by atoms with Crippen molar-refractivity contribution in [2.24, 2.45) is 0 Å². The normalized spacial score (nSPS) is 14.3. The lowest BCUT2D eigenvalue weighted by Crippen LogP contribution is -2.40. The van der Waals surface area contributed by atoms with Crippen molar-refractivity contribution in [3.8, 4) is 0 Å². The van der Waals surface area contributed by atoms with E-state index in [0.717, 1.165) is 35.5 Å². The highest BCUT2D eigenvalue weighted by Gasteiger charge is 2.26. The van der Waals surface area contributed by atoms with E-state index in [2.05, 4.69) is 15.3 Å². The molecule has 1 fully saturated rings. The number of amides is 1. The number of aromatic nitrogens is 2. The molecule has 0 atom stereocenters. The van der Waals surface area contributed by atoms with Crippen molar-refractivity contribution in [2.45, 2.75) is 25.8 Å². The zero-order valence-electron chi connectivity index (χ0n) is 17.0. The molecule has 2 aromatic rings. The fourth-order valence-electron chi connectivity index (χ4n) is 3.13. The van der Waals surface area contributed by atoms with Gasteiger partial charge in [-0.25, -0.2) is 9.78 Å². The minimum Gasteiger partial charge on any atom is -0.465 e. The number of nitrogens with one attached hydrogen (secondary N) is 1. The number of esters is 1. The van der Waals surface area contributed by atoms with Crippen LogP contribution in [0.25, 0.3) is 0 Å². The van der Waals surface area contributed by atoms with E-state index in [9.17, 15) is 9.59 Å². The smallest absolute Gasteiger partial charge is 0.348 e. The van der Waals surface area contributed by atoms with Gasteiger partial charge in [-0.2, -0.15) is 4.98 Å². The number of anilines is 4. The predicted octanol–water partition coefficient (Wildman–Crippen LogP) is 2.58. The van der Waals surface area contributed by atoms with Gasteiger partial charge in [0, 0.05) is 38.2 Å². The number of carbonyl (C=O) groups is 2. The van der Waals surface area contributed by atoms with Crippen molar-refractivity contribution in [3.63, 3.8) is 0 Å². The van der Waals surface area contributed by atoms with Crippen molar-refractivity contribution >= 4 is 46.9 Å². The SMILES string of the molecule is COC(=O)c1cc(Nc2ncc(N(C)C)c(N(C=O)C3CCOCC3)n2)c(C)s1. The molecule has 0 bridgehead atoms. The first kappa shape index (κ1) is 21.0. The van der Waals surface area contributed by atoms with E-state index in [0.29, 0.717) is 29.9 Å². The number of rotatable bonds is 7. The summed E-state index contributed by atoms with van der Waals surface area (Å²) < 4.78 is 10.2. The molecular formula is C19H25N5O4S. The Morgan fingerprint density at radius 3 is 2.72 bits per heavy atom. The Balaban J connectivity index is 1.93. The second-order valence-electron chi connectivity index (χ2n) is 6.85. The lowest BCUT2D eigenvalue weighted by Gasteiger charge is -2.32. The summed E-state index contributed by atoms with van der Waals surface area (Å²) in [5, 5.41) is 3.15. The van der Waals surface area contributed by atoms with Crippen LogP contribution < -0.4 is 15.1 Å². The van der Waals surface area contributed by atoms with Crippen LogP contribution in [0.5, 0.6) is 0 Å². The van der Waals surface area contributed by atoms with Gasteiger partial charge in [0.25, 0.3) is 0 Å². The number of hydrogen-bond donors (Lipinski definition) is 1. The van der Waals surface area contributed by atoms with E-state index in [1.807, 2.05) is 25.9 Å². The number of nitrogens with zero attached hydrogens (tertiary/aromatic N) is 4. The predicted molar refractivity (Wildman–Crippen MR) is 112 cm³/mol. The highest BCUT2D eigenvalue weighted by Crippen LogP contribution is 2.32. The Labute approximate surface area is 173 Å². The Hall–Kier alpha value is -2.72. The largest absolute Gasteiger partial charge is 0.465 e. The van der Waals surface area contributed by atoms with Crippen molar-refractivity contribution < 1.29 is 19.1 Å². The molecule has 0 saturated carbocycles. The van der Waals surface area contributed by atoms with Gasteiger partial charge in [0.15, 0.2) is 5.82 Å². The van der Waals surface area contributed by atoms with Crippen LogP contribution in [0.3, 0.4) is 0 Å². The molecule has 9 nitrogen and oxygen atoms in total. The third-order valence-electron chi connectivity index (χ3n) is 4.73. The average molecular weight is 420 g/mol. The summed E-state index contributed by atoms with van der Waals surface area (Å²) in [4.78, 5) is 37.7. The molecule has 0 aliphatic carbocycles. The van der Waals surface area contributed by atoms with Gasteiger partial charge in [0.05, 0.1) is 24.7 Å². The van der Waals surface area contributed by atoms with Crippen LogP contribution in [0.1, 0.15) is 27.4 Å². The fraction of sp³-hybridized carbons (Fsp3) is 0.474. The summed E-state index contributed by atoms with van der Waals surface area (Å²) in [5.74, 6) is 0.500. The summed E-state index contributed by atoms with van der Waals surface area (Å²) >= 11 is 1.33. The number of carbonyl (C=O) groups excluding carboxylic acids is 2. The number of methoxy groups -OCH3 is 1. The standard InChI is InChI=1S/C19H25N5O4S/c1-12-14(9-16(29-12)18(26)27-4)21-19-20-10-15(23(2)3)17(22-19)24(11-25)13-5-7-28-8-6-13/h9-11,13H,5-8H2,1-4H3,(H,20,21,22). The van der Waals surface area contributed by atoms with Crippen LogP contribution in [0.4, 0.5) is 23.1 Å². The zero-order valence-corrected chi connectivity index (χ0v) is 17.8. The third-order valence-corrected chi connectivity index (χ3v) is 5.76. The highest BCUT2D eigenvalue weighted by molar-refractivity contribution is 7.14. The molecule has 0 aromatic carbocycles. The van der Waals surface area contributed by atoms with Crippen LogP contribution >= 0.6 is 11.3 Å². The quantitative estimate of drug-likeness (QED) is 0.540. The minimum absolute atomic E-state index is 0.0245. The van der Waals surface area contributed by atoms with Crippen molar-refractivity contribution in [2.75, 3.05) is 49.5 Å². The number of hydrogen-bond acceptors (Lipinski definition) is 9. The van der Waals surface area contributed by atoms with E-state index in [-0.39, 0.29) is 12.0 Å². The van der Waals surface area contributed by atoms with E-state index in [1.165, 1.54) is 18.4 Å². The lowest BCUT2D eigenvalue weighted by atomic mass is 10.1. The van der Waals surface area contributed by atoms with Gasteiger partial charge in [-0.05, 0) is 25.8 Å². The van der Waals surface area contributed by atoms with Gasteiger partial charge in [0.2, 0.25) is 12.4 Å². The molecule has 0 spiro atoms. The molecule has 1 saturated heterocycles. The Kier molecular flexibility index (Phi) is 6.65. The third kappa shape index (κ3) is 4.65. The molecule has 1 aliphatic heterocycles. The number of aryl methyl sites for hydroxylation is 1. The van der Waals surface area contributed by atoms with Crippen molar-refractivity contribution in [1.29, 1.82) is 0 Å². The maximum absolute atomic E-state index is 12.0. The van der Waals surface area contributed by atoms with Crippen molar-refractivity contribution in [1.82, 2.24) is 9.97 Å². The molecular weight excluding hydrogens is 394 g/mol. The maximum Gasteiger partial charge on any atom is 0.348 e. The maximum atomic E-state index is 12.0. The first-order valence-electron chi connectivity index (χ1n) is 9.26. The summed E-state index contributed by atoms with van der Waals surface area (Å²) in [5.41, 5.74) is 1.47. The van der Waals surface area contributed by atoms with Crippen LogP contribution in [0.2, 0.25) is 0 Å². The summed E-state index contributed by atoms with van der Waals surface area (Å²) in [6.45, 7) is 3.13. The van der Waals surface area contributed by atoms with Gasteiger partial charge in [-0.15, -0.1) is 11.3 Å². The van der Waals surface area contributed by atoms with E-state index in [4.69, 9.17) is 9.47 Å². The molecule has 1 aliphatic rings. The second kappa shape index (κ2) is 9.19.